The van der Waals surface area contributed by atoms with Gasteiger partial charge in [0.25, 0.3) is 0 Å². The van der Waals surface area contributed by atoms with Crippen molar-refractivity contribution in [1.82, 2.24) is 5.32 Å². The molecule has 0 spiro atoms. The molecule has 1 atom stereocenters. The SMILES string of the molecule is O=C(Nc1ccccc1I)[C@@H]1CCCNC1. The first-order valence-corrected chi connectivity index (χ1v) is 6.61. The predicted octanol–water partition coefficient (Wildman–Crippen LogP) is 2.23. The summed E-state index contributed by atoms with van der Waals surface area (Å²) in [4.78, 5) is 12.0. The number of rotatable bonds is 2. The van der Waals surface area contributed by atoms with E-state index in [1.165, 1.54) is 0 Å². The van der Waals surface area contributed by atoms with E-state index in [9.17, 15) is 4.79 Å². The molecular formula is C12H15IN2O. The number of hydrogen-bond acceptors (Lipinski definition) is 2. The van der Waals surface area contributed by atoms with Gasteiger partial charge < -0.3 is 10.6 Å². The first-order valence-electron chi connectivity index (χ1n) is 5.53. The lowest BCUT2D eigenvalue weighted by atomic mass is 9.99. The van der Waals surface area contributed by atoms with Gasteiger partial charge in [-0.25, -0.2) is 0 Å². The number of halogens is 1. The van der Waals surface area contributed by atoms with Crippen LogP contribution in [-0.4, -0.2) is 19.0 Å². The van der Waals surface area contributed by atoms with Crippen LogP contribution < -0.4 is 10.6 Å². The molecule has 0 aromatic heterocycles. The minimum atomic E-state index is 0.116. The van der Waals surface area contributed by atoms with Crippen LogP contribution in [0.3, 0.4) is 0 Å². The van der Waals surface area contributed by atoms with Crippen molar-refractivity contribution in [1.29, 1.82) is 0 Å². The molecule has 1 heterocycles. The zero-order valence-corrected chi connectivity index (χ0v) is 11.2. The van der Waals surface area contributed by atoms with Crippen LogP contribution in [0.4, 0.5) is 5.69 Å². The van der Waals surface area contributed by atoms with E-state index in [1.807, 2.05) is 24.3 Å². The number of nitrogens with one attached hydrogen (secondary N) is 2. The van der Waals surface area contributed by atoms with Crippen LogP contribution in [0.25, 0.3) is 0 Å². The van der Waals surface area contributed by atoms with Gasteiger partial charge in [-0.3, -0.25) is 4.79 Å². The third kappa shape index (κ3) is 2.95. The summed E-state index contributed by atoms with van der Waals surface area (Å²) < 4.78 is 1.08. The Morgan fingerprint density at radius 3 is 2.94 bits per heavy atom. The van der Waals surface area contributed by atoms with E-state index < -0.39 is 0 Å². The van der Waals surface area contributed by atoms with Crippen molar-refractivity contribution < 1.29 is 4.79 Å². The molecule has 3 nitrogen and oxygen atoms in total. The zero-order chi connectivity index (χ0) is 11.4. The summed E-state index contributed by atoms with van der Waals surface area (Å²) in [6, 6.07) is 7.85. The summed E-state index contributed by atoms with van der Waals surface area (Å²) in [7, 11) is 0. The van der Waals surface area contributed by atoms with Crippen molar-refractivity contribution in [3.8, 4) is 0 Å². The largest absolute Gasteiger partial charge is 0.325 e. The highest BCUT2D eigenvalue weighted by Crippen LogP contribution is 2.19. The third-order valence-electron chi connectivity index (χ3n) is 2.80. The molecule has 1 aliphatic rings. The van der Waals surface area contributed by atoms with Gasteiger partial charge in [-0.15, -0.1) is 0 Å². The molecule has 0 radical (unpaired) electrons. The number of carbonyl (C=O) groups is 1. The normalized spacial score (nSPS) is 20.4. The predicted molar refractivity (Wildman–Crippen MR) is 73.4 cm³/mol. The lowest BCUT2D eigenvalue weighted by Crippen LogP contribution is -2.37. The minimum absolute atomic E-state index is 0.116. The molecule has 1 aliphatic heterocycles. The molecule has 2 N–H and O–H groups in total. The number of hydrogen-bond donors (Lipinski definition) is 2. The fraction of sp³-hybridized carbons (Fsp3) is 0.417. The molecule has 86 valence electrons. The molecule has 4 heteroatoms. The minimum Gasteiger partial charge on any atom is -0.325 e. The Bertz CT molecular complexity index is 375. The molecule has 1 amide bonds. The molecule has 0 unspecified atom stereocenters. The second kappa shape index (κ2) is 5.63. The molecule has 16 heavy (non-hydrogen) atoms. The van der Waals surface area contributed by atoms with Crippen molar-refractivity contribution in [2.24, 2.45) is 5.92 Å². The van der Waals surface area contributed by atoms with Crippen LogP contribution in [0.1, 0.15) is 12.8 Å². The lowest BCUT2D eigenvalue weighted by molar-refractivity contribution is -0.120. The van der Waals surface area contributed by atoms with Gasteiger partial charge in [-0.1, -0.05) is 12.1 Å². The number of para-hydroxylation sites is 1. The number of amides is 1. The molecule has 0 saturated carbocycles. The third-order valence-corrected chi connectivity index (χ3v) is 3.74. The maximum Gasteiger partial charge on any atom is 0.228 e. The van der Waals surface area contributed by atoms with Crippen LogP contribution in [-0.2, 0) is 4.79 Å². The summed E-state index contributed by atoms with van der Waals surface area (Å²) >= 11 is 2.23. The van der Waals surface area contributed by atoms with Gasteiger partial charge in [-0.05, 0) is 54.1 Å². The molecule has 2 rings (SSSR count). The molecule has 1 saturated heterocycles. The van der Waals surface area contributed by atoms with Gasteiger partial charge in [0.15, 0.2) is 0 Å². The summed E-state index contributed by atoms with van der Waals surface area (Å²) in [6.07, 6.45) is 2.08. The second-order valence-corrected chi connectivity index (χ2v) is 5.17. The fourth-order valence-electron chi connectivity index (χ4n) is 1.87. The summed E-state index contributed by atoms with van der Waals surface area (Å²) in [5, 5.41) is 6.25. The van der Waals surface area contributed by atoms with Gasteiger partial charge in [0.1, 0.15) is 0 Å². The summed E-state index contributed by atoms with van der Waals surface area (Å²) in [6.45, 7) is 1.84. The number of piperidine rings is 1. The Morgan fingerprint density at radius 2 is 2.25 bits per heavy atom. The summed E-state index contributed by atoms with van der Waals surface area (Å²) in [5.74, 6) is 0.251. The van der Waals surface area contributed by atoms with E-state index in [2.05, 4.69) is 33.2 Å². The van der Waals surface area contributed by atoms with E-state index in [4.69, 9.17) is 0 Å². The number of anilines is 1. The van der Waals surface area contributed by atoms with Gasteiger partial charge in [0.05, 0.1) is 11.6 Å². The van der Waals surface area contributed by atoms with Crippen LogP contribution in [0, 0.1) is 9.49 Å². The Hall–Kier alpha value is -0.620. The quantitative estimate of drug-likeness (QED) is 0.817. The van der Waals surface area contributed by atoms with Crippen LogP contribution in [0.15, 0.2) is 24.3 Å². The molecule has 0 bridgehead atoms. The number of carbonyl (C=O) groups excluding carboxylic acids is 1. The lowest BCUT2D eigenvalue weighted by Gasteiger charge is -2.22. The second-order valence-electron chi connectivity index (χ2n) is 4.01. The monoisotopic (exact) mass is 330 g/mol. The van der Waals surface area contributed by atoms with E-state index in [-0.39, 0.29) is 11.8 Å². The smallest absolute Gasteiger partial charge is 0.228 e. The highest BCUT2D eigenvalue weighted by molar-refractivity contribution is 14.1. The molecule has 1 fully saturated rings. The maximum atomic E-state index is 12.0. The van der Waals surface area contributed by atoms with E-state index in [1.54, 1.807) is 0 Å². The van der Waals surface area contributed by atoms with E-state index in [0.717, 1.165) is 35.2 Å². The highest BCUT2D eigenvalue weighted by Gasteiger charge is 2.21. The Kier molecular flexibility index (Phi) is 4.17. The average molecular weight is 330 g/mol. The van der Waals surface area contributed by atoms with Crippen molar-refractivity contribution in [2.75, 3.05) is 18.4 Å². The average Bonchev–Trinajstić information content (AvgIpc) is 2.33. The molecule has 1 aromatic carbocycles. The maximum absolute atomic E-state index is 12.0. The van der Waals surface area contributed by atoms with Gasteiger partial charge >= 0.3 is 0 Å². The van der Waals surface area contributed by atoms with Crippen LogP contribution in [0.2, 0.25) is 0 Å². The first-order chi connectivity index (χ1) is 7.77. The van der Waals surface area contributed by atoms with E-state index in [0.29, 0.717) is 0 Å². The molecule has 0 aliphatic carbocycles. The van der Waals surface area contributed by atoms with Crippen LogP contribution in [0.5, 0.6) is 0 Å². The Labute approximate surface area is 109 Å². The van der Waals surface area contributed by atoms with Crippen molar-refractivity contribution >= 4 is 34.2 Å². The standard InChI is InChI=1S/C12H15IN2O/c13-10-5-1-2-6-11(10)15-12(16)9-4-3-7-14-8-9/h1-2,5-6,9,14H,3-4,7-8H2,(H,15,16)/t9-/m1/s1. The topological polar surface area (TPSA) is 41.1 Å². The number of benzene rings is 1. The highest BCUT2D eigenvalue weighted by atomic mass is 127. The van der Waals surface area contributed by atoms with Crippen molar-refractivity contribution in [3.05, 3.63) is 27.8 Å². The van der Waals surface area contributed by atoms with Crippen molar-refractivity contribution in [3.63, 3.8) is 0 Å². The molecular weight excluding hydrogens is 315 g/mol. The Balaban J connectivity index is 1.99. The zero-order valence-electron chi connectivity index (χ0n) is 9.00. The van der Waals surface area contributed by atoms with Gasteiger partial charge in [0, 0.05) is 10.1 Å². The molecule has 1 aromatic rings. The first kappa shape index (κ1) is 11.9. The fourth-order valence-corrected chi connectivity index (χ4v) is 2.40. The van der Waals surface area contributed by atoms with E-state index >= 15 is 0 Å². The van der Waals surface area contributed by atoms with Gasteiger partial charge in [0.2, 0.25) is 5.91 Å². The van der Waals surface area contributed by atoms with Crippen LogP contribution >= 0.6 is 22.6 Å². The van der Waals surface area contributed by atoms with Crippen molar-refractivity contribution in [2.45, 2.75) is 12.8 Å². The van der Waals surface area contributed by atoms with Gasteiger partial charge in [-0.2, -0.15) is 0 Å². The Morgan fingerprint density at radius 1 is 1.44 bits per heavy atom. The summed E-state index contributed by atoms with van der Waals surface area (Å²) in [5.41, 5.74) is 0.915.